The fraction of sp³-hybridized carbons (Fsp3) is 0.200. The van der Waals surface area contributed by atoms with Crippen LogP contribution in [0.3, 0.4) is 0 Å². The topological polar surface area (TPSA) is 44.7 Å². The number of nitrogens with one attached hydrogen (secondary N) is 1. The SMILES string of the molecule is CC1=NN(c2ccc(Cl)cc2F)C(C=O)N1. The largest absolute Gasteiger partial charge is 0.345 e. The molecular formula is C10H9ClFN3O. The Balaban J connectivity index is 2.39. The number of carbonyl (C=O) groups excluding carboxylic acids is 1. The van der Waals surface area contributed by atoms with Crippen molar-refractivity contribution in [3.05, 3.63) is 29.0 Å². The van der Waals surface area contributed by atoms with Gasteiger partial charge < -0.3 is 5.32 Å². The average molecular weight is 242 g/mol. The van der Waals surface area contributed by atoms with E-state index in [4.69, 9.17) is 11.6 Å². The molecule has 1 heterocycles. The summed E-state index contributed by atoms with van der Waals surface area (Å²) in [6.45, 7) is 1.70. The molecule has 0 radical (unpaired) electrons. The van der Waals surface area contributed by atoms with Gasteiger partial charge in [0.1, 0.15) is 11.7 Å². The molecule has 1 aliphatic rings. The van der Waals surface area contributed by atoms with Crippen molar-refractivity contribution in [3.63, 3.8) is 0 Å². The molecular weight excluding hydrogens is 233 g/mol. The van der Waals surface area contributed by atoms with Crippen LogP contribution in [-0.4, -0.2) is 18.3 Å². The van der Waals surface area contributed by atoms with Crippen LogP contribution in [0.5, 0.6) is 0 Å². The number of anilines is 1. The van der Waals surface area contributed by atoms with Crippen LogP contribution >= 0.6 is 11.6 Å². The summed E-state index contributed by atoms with van der Waals surface area (Å²) >= 11 is 5.64. The Morgan fingerprint density at radius 3 is 3.00 bits per heavy atom. The zero-order valence-electron chi connectivity index (χ0n) is 8.45. The molecule has 16 heavy (non-hydrogen) atoms. The number of carbonyl (C=O) groups is 1. The van der Waals surface area contributed by atoms with Gasteiger partial charge in [-0.15, -0.1) is 0 Å². The molecule has 0 fully saturated rings. The lowest BCUT2D eigenvalue weighted by Gasteiger charge is -2.19. The molecule has 0 spiro atoms. The fourth-order valence-corrected chi connectivity index (χ4v) is 1.65. The first kappa shape index (κ1) is 10.9. The molecule has 2 rings (SSSR count). The van der Waals surface area contributed by atoms with Crippen molar-refractivity contribution in [3.8, 4) is 0 Å². The first-order valence-corrected chi connectivity index (χ1v) is 5.01. The third-order valence-corrected chi connectivity index (χ3v) is 2.40. The predicted molar refractivity (Wildman–Crippen MR) is 60.0 cm³/mol. The van der Waals surface area contributed by atoms with Gasteiger partial charge in [0.05, 0.1) is 5.69 Å². The maximum Gasteiger partial charge on any atom is 0.178 e. The summed E-state index contributed by atoms with van der Waals surface area (Å²) < 4.78 is 13.6. The second-order valence-corrected chi connectivity index (χ2v) is 3.79. The summed E-state index contributed by atoms with van der Waals surface area (Å²) in [6, 6.07) is 4.21. The Bertz CT molecular complexity index is 463. The van der Waals surface area contributed by atoms with E-state index in [1.807, 2.05) is 0 Å². The number of benzene rings is 1. The number of amidine groups is 1. The summed E-state index contributed by atoms with van der Waals surface area (Å²) in [4.78, 5) is 10.8. The zero-order chi connectivity index (χ0) is 11.7. The lowest BCUT2D eigenvalue weighted by molar-refractivity contribution is -0.109. The Kier molecular flexibility index (Phi) is 2.78. The first-order chi connectivity index (χ1) is 7.61. The highest BCUT2D eigenvalue weighted by atomic mass is 35.5. The quantitative estimate of drug-likeness (QED) is 0.803. The molecule has 0 aliphatic carbocycles. The Labute approximate surface area is 96.7 Å². The third-order valence-electron chi connectivity index (χ3n) is 2.16. The van der Waals surface area contributed by atoms with Crippen molar-refractivity contribution in [2.24, 2.45) is 5.10 Å². The van der Waals surface area contributed by atoms with Crippen LogP contribution in [0.1, 0.15) is 6.92 Å². The van der Waals surface area contributed by atoms with Crippen LogP contribution in [0, 0.1) is 5.82 Å². The van der Waals surface area contributed by atoms with E-state index in [1.54, 1.807) is 13.0 Å². The van der Waals surface area contributed by atoms with Gasteiger partial charge >= 0.3 is 0 Å². The van der Waals surface area contributed by atoms with Crippen LogP contribution < -0.4 is 10.3 Å². The Hall–Kier alpha value is -1.62. The van der Waals surface area contributed by atoms with E-state index in [1.165, 1.54) is 17.1 Å². The van der Waals surface area contributed by atoms with Gasteiger partial charge in [0.15, 0.2) is 12.5 Å². The average Bonchev–Trinajstić information content (AvgIpc) is 2.59. The van der Waals surface area contributed by atoms with E-state index >= 15 is 0 Å². The molecule has 0 saturated carbocycles. The standard InChI is InChI=1S/C10H9ClFN3O/c1-6-13-10(5-16)15(14-6)9-3-2-7(11)4-8(9)12/h2-5,10H,1H3,(H,13,14). The number of hydrazone groups is 1. The van der Waals surface area contributed by atoms with Gasteiger partial charge in [0, 0.05) is 5.02 Å². The highest BCUT2D eigenvalue weighted by Gasteiger charge is 2.26. The minimum atomic E-state index is -0.671. The van der Waals surface area contributed by atoms with Crippen LogP contribution in [0.15, 0.2) is 23.3 Å². The second-order valence-electron chi connectivity index (χ2n) is 3.35. The van der Waals surface area contributed by atoms with Crippen LogP contribution in [0.25, 0.3) is 0 Å². The van der Waals surface area contributed by atoms with Crippen LogP contribution in [0.2, 0.25) is 5.02 Å². The normalized spacial score (nSPS) is 19.3. The first-order valence-electron chi connectivity index (χ1n) is 4.63. The maximum absolute atomic E-state index is 13.6. The van der Waals surface area contributed by atoms with Gasteiger partial charge in [-0.05, 0) is 25.1 Å². The lowest BCUT2D eigenvalue weighted by Crippen LogP contribution is -2.39. The van der Waals surface area contributed by atoms with E-state index in [0.29, 0.717) is 17.1 Å². The minimum absolute atomic E-state index is 0.214. The highest BCUT2D eigenvalue weighted by molar-refractivity contribution is 6.30. The molecule has 1 unspecified atom stereocenters. The summed E-state index contributed by atoms with van der Waals surface area (Å²) in [6.07, 6.45) is -0.00991. The van der Waals surface area contributed by atoms with Gasteiger partial charge in [-0.25, -0.2) is 9.40 Å². The van der Waals surface area contributed by atoms with E-state index in [2.05, 4.69) is 10.4 Å². The molecule has 84 valence electrons. The molecule has 4 nitrogen and oxygen atoms in total. The summed E-state index contributed by atoms with van der Waals surface area (Å²) in [5, 5.41) is 8.42. The van der Waals surface area contributed by atoms with Crippen molar-refractivity contribution >= 4 is 29.4 Å². The zero-order valence-corrected chi connectivity index (χ0v) is 9.20. The molecule has 1 atom stereocenters. The van der Waals surface area contributed by atoms with Crippen molar-refractivity contribution in [2.75, 3.05) is 5.01 Å². The number of rotatable bonds is 2. The number of aldehydes is 1. The van der Waals surface area contributed by atoms with Gasteiger partial charge in [-0.1, -0.05) is 11.6 Å². The lowest BCUT2D eigenvalue weighted by atomic mass is 10.3. The molecule has 0 amide bonds. The minimum Gasteiger partial charge on any atom is -0.345 e. The maximum atomic E-state index is 13.6. The molecule has 1 aliphatic heterocycles. The fourth-order valence-electron chi connectivity index (χ4n) is 1.49. The van der Waals surface area contributed by atoms with Crippen LogP contribution in [0.4, 0.5) is 10.1 Å². The summed E-state index contributed by atoms with van der Waals surface area (Å²) in [7, 11) is 0. The van der Waals surface area contributed by atoms with Crippen LogP contribution in [-0.2, 0) is 4.79 Å². The number of halogens is 2. The number of hydrogen-bond acceptors (Lipinski definition) is 4. The van der Waals surface area contributed by atoms with E-state index in [9.17, 15) is 9.18 Å². The van der Waals surface area contributed by atoms with Crippen molar-refractivity contribution in [1.29, 1.82) is 0 Å². The van der Waals surface area contributed by atoms with E-state index in [0.717, 1.165) is 0 Å². The monoisotopic (exact) mass is 241 g/mol. The van der Waals surface area contributed by atoms with E-state index in [-0.39, 0.29) is 5.69 Å². The third kappa shape index (κ3) is 1.86. The molecule has 1 aromatic rings. The Morgan fingerprint density at radius 2 is 2.38 bits per heavy atom. The highest BCUT2D eigenvalue weighted by Crippen LogP contribution is 2.25. The number of hydrogen-bond donors (Lipinski definition) is 1. The molecule has 1 aromatic carbocycles. The van der Waals surface area contributed by atoms with E-state index < -0.39 is 12.0 Å². The van der Waals surface area contributed by atoms with Crippen molar-refractivity contribution in [1.82, 2.24) is 5.32 Å². The smallest absolute Gasteiger partial charge is 0.178 e. The molecule has 0 bridgehead atoms. The van der Waals surface area contributed by atoms with Gasteiger partial charge in [-0.2, -0.15) is 5.10 Å². The summed E-state index contributed by atoms with van der Waals surface area (Å²) in [5.74, 6) is 0.0473. The summed E-state index contributed by atoms with van der Waals surface area (Å²) in [5.41, 5.74) is 0.214. The van der Waals surface area contributed by atoms with Crippen molar-refractivity contribution < 1.29 is 9.18 Å². The van der Waals surface area contributed by atoms with Crippen molar-refractivity contribution in [2.45, 2.75) is 13.1 Å². The number of nitrogens with zero attached hydrogens (tertiary/aromatic N) is 2. The molecule has 6 heteroatoms. The van der Waals surface area contributed by atoms with Gasteiger partial charge in [0.2, 0.25) is 0 Å². The Morgan fingerprint density at radius 1 is 1.62 bits per heavy atom. The van der Waals surface area contributed by atoms with Gasteiger partial charge in [0.25, 0.3) is 0 Å². The second kappa shape index (κ2) is 4.09. The van der Waals surface area contributed by atoms with Gasteiger partial charge in [-0.3, -0.25) is 4.79 Å². The predicted octanol–water partition coefficient (Wildman–Crippen LogP) is 1.75. The molecule has 0 saturated heterocycles. The molecule has 0 aromatic heterocycles. The molecule has 1 N–H and O–H groups in total.